The molecule has 2 aromatic rings. The van der Waals surface area contributed by atoms with Crippen molar-refractivity contribution in [3.05, 3.63) is 42.1 Å². The highest BCUT2D eigenvalue weighted by Gasteiger charge is 2.18. The van der Waals surface area contributed by atoms with E-state index in [0.29, 0.717) is 0 Å². The summed E-state index contributed by atoms with van der Waals surface area (Å²) >= 11 is 0. The lowest BCUT2D eigenvalue weighted by atomic mass is 9.91. The number of pyridine rings is 1. The largest absolute Gasteiger partial charge is 0.322 e. The minimum atomic E-state index is -0.281. The first kappa shape index (κ1) is 10.1. The first-order valence-corrected chi connectivity index (χ1v) is 5.27. The van der Waals surface area contributed by atoms with E-state index in [0.717, 1.165) is 22.9 Å². The molecular weight excluding hydrogens is 184 g/mol. The zero-order chi connectivity index (χ0) is 10.9. The molecule has 0 saturated heterocycles. The molecule has 1 atom stereocenters. The smallest absolute Gasteiger partial charge is 0.0702 e. The Hall–Kier alpha value is -1.41. The van der Waals surface area contributed by atoms with Gasteiger partial charge in [-0.2, -0.15) is 0 Å². The average molecular weight is 200 g/mol. The standard InChI is InChI=1S/C13H16N2/c1-3-13(2,14)11-8-10-6-4-5-7-12(10)15-9-11/h4-9H,3,14H2,1-2H3. The van der Waals surface area contributed by atoms with E-state index < -0.39 is 0 Å². The number of hydrogen-bond donors (Lipinski definition) is 1. The van der Waals surface area contributed by atoms with Crippen molar-refractivity contribution in [3.63, 3.8) is 0 Å². The molecule has 1 unspecified atom stereocenters. The molecule has 0 saturated carbocycles. The van der Waals surface area contributed by atoms with Crippen LogP contribution in [0.25, 0.3) is 10.9 Å². The highest BCUT2D eigenvalue weighted by molar-refractivity contribution is 5.78. The SMILES string of the molecule is CCC(C)(N)c1cnc2ccccc2c1. The average Bonchev–Trinajstić information content (AvgIpc) is 2.28. The number of nitrogens with two attached hydrogens (primary N) is 1. The topological polar surface area (TPSA) is 38.9 Å². The van der Waals surface area contributed by atoms with E-state index in [4.69, 9.17) is 5.73 Å². The molecule has 2 rings (SSSR count). The van der Waals surface area contributed by atoms with Gasteiger partial charge in [-0.05, 0) is 31.0 Å². The quantitative estimate of drug-likeness (QED) is 0.809. The summed E-state index contributed by atoms with van der Waals surface area (Å²) in [7, 11) is 0. The molecule has 2 nitrogen and oxygen atoms in total. The van der Waals surface area contributed by atoms with Crippen LogP contribution in [-0.4, -0.2) is 4.98 Å². The molecule has 1 aromatic heterocycles. The van der Waals surface area contributed by atoms with Gasteiger partial charge >= 0.3 is 0 Å². The van der Waals surface area contributed by atoms with Crippen LogP contribution < -0.4 is 5.73 Å². The second-order valence-corrected chi connectivity index (χ2v) is 4.19. The summed E-state index contributed by atoms with van der Waals surface area (Å²) in [6, 6.07) is 10.2. The predicted molar refractivity (Wildman–Crippen MR) is 63.6 cm³/mol. The van der Waals surface area contributed by atoms with Crippen molar-refractivity contribution in [2.45, 2.75) is 25.8 Å². The fourth-order valence-corrected chi connectivity index (χ4v) is 1.59. The summed E-state index contributed by atoms with van der Waals surface area (Å²) in [6.07, 6.45) is 2.79. The molecule has 0 radical (unpaired) electrons. The Labute approximate surface area is 90.1 Å². The molecule has 0 spiro atoms. The second-order valence-electron chi connectivity index (χ2n) is 4.19. The minimum Gasteiger partial charge on any atom is -0.322 e. The Bertz CT molecular complexity index is 475. The lowest BCUT2D eigenvalue weighted by Crippen LogP contribution is -2.32. The van der Waals surface area contributed by atoms with Gasteiger partial charge in [0.05, 0.1) is 5.52 Å². The van der Waals surface area contributed by atoms with E-state index in [1.54, 1.807) is 0 Å². The Morgan fingerprint density at radius 2 is 2.07 bits per heavy atom. The molecule has 0 aliphatic rings. The third-order valence-corrected chi connectivity index (χ3v) is 2.98. The van der Waals surface area contributed by atoms with Crippen LogP contribution in [0.4, 0.5) is 0 Å². The molecule has 0 aliphatic carbocycles. The summed E-state index contributed by atoms with van der Waals surface area (Å²) in [5, 5.41) is 1.15. The van der Waals surface area contributed by atoms with E-state index in [2.05, 4.69) is 24.0 Å². The fourth-order valence-electron chi connectivity index (χ4n) is 1.59. The van der Waals surface area contributed by atoms with Crippen LogP contribution in [0.1, 0.15) is 25.8 Å². The van der Waals surface area contributed by atoms with E-state index in [-0.39, 0.29) is 5.54 Å². The first-order chi connectivity index (χ1) is 7.13. The van der Waals surface area contributed by atoms with E-state index in [1.807, 2.05) is 31.3 Å². The van der Waals surface area contributed by atoms with Crippen molar-refractivity contribution < 1.29 is 0 Å². The lowest BCUT2D eigenvalue weighted by molar-refractivity contribution is 0.475. The molecule has 78 valence electrons. The Morgan fingerprint density at radius 3 is 2.80 bits per heavy atom. The number of para-hydroxylation sites is 1. The van der Waals surface area contributed by atoms with Gasteiger partial charge in [-0.1, -0.05) is 25.1 Å². The molecule has 15 heavy (non-hydrogen) atoms. The molecule has 0 amide bonds. The van der Waals surface area contributed by atoms with Crippen LogP contribution in [0.15, 0.2) is 36.5 Å². The number of rotatable bonds is 2. The summed E-state index contributed by atoms with van der Waals surface area (Å²) in [5.41, 5.74) is 8.03. The molecule has 2 heteroatoms. The third kappa shape index (κ3) is 1.85. The van der Waals surface area contributed by atoms with Gasteiger partial charge in [0, 0.05) is 17.1 Å². The maximum atomic E-state index is 6.19. The highest BCUT2D eigenvalue weighted by atomic mass is 14.7. The first-order valence-electron chi connectivity index (χ1n) is 5.27. The van der Waals surface area contributed by atoms with Gasteiger partial charge in [-0.25, -0.2) is 0 Å². The molecular formula is C13H16N2. The van der Waals surface area contributed by atoms with Crippen LogP contribution in [0.3, 0.4) is 0 Å². The molecule has 1 heterocycles. The molecule has 2 N–H and O–H groups in total. The van der Waals surface area contributed by atoms with Crippen molar-refractivity contribution in [1.29, 1.82) is 0 Å². The summed E-state index contributed by atoms with van der Waals surface area (Å²) in [5.74, 6) is 0. The maximum absolute atomic E-state index is 6.19. The monoisotopic (exact) mass is 200 g/mol. The van der Waals surface area contributed by atoms with Gasteiger partial charge in [0.1, 0.15) is 0 Å². The van der Waals surface area contributed by atoms with E-state index in [9.17, 15) is 0 Å². The number of fused-ring (bicyclic) bond motifs is 1. The van der Waals surface area contributed by atoms with Crippen LogP contribution in [0, 0.1) is 0 Å². The Morgan fingerprint density at radius 1 is 1.33 bits per heavy atom. The normalized spacial score (nSPS) is 15.1. The highest BCUT2D eigenvalue weighted by Crippen LogP contribution is 2.23. The van der Waals surface area contributed by atoms with Crippen LogP contribution in [0.5, 0.6) is 0 Å². The van der Waals surface area contributed by atoms with E-state index >= 15 is 0 Å². The molecule has 0 bridgehead atoms. The number of nitrogens with zero attached hydrogens (tertiary/aromatic N) is 1. The van der Waals surface area contributed by atoms with Crippen molar-refractivity contribution in [1.82, 2.24) is 4.98 Å². The number of aromatic nitrogens is 1. The van der Waals surface area contributed by atoms with Gasteiger partial charge in [-0.15, -0.1) is 0 Å². The third-order valence-electron chi connectivity index (χ3n) is 2.98. The Kier molecular flexibility index (Phi) is 2.45. The summed E-state index contributed by atoms with van der Waals surface area (Å²) in [4.78, 5) is 4.42. The minimum absolute atomic E-state index is 0.281. The van der Waals surface area contributed by atoms with Crippen molar-refractivity contribution in [2.75, 3.05) is 0 Å². The summed E-state index contributed by atoms with van der Waals surface area (Å²) in [6.45, 7) is 4.13. The van der Waals surface area contributed by atoms with Crippen LogP contribution >= 0.6 is 0 Å². The van der Waals surface area contributed by atoms with E-state index in [1.165, 1.54) is 0 Å². The lowest BCUT2D eigenvalue weighted by Gasteiger charge is -2.23. The summed E-state index contributed by atoms with van der Waals surface area (Å²) < 4.78 is 0. The van der Waals surface area contributed by atoms with Gasteiger partial charge in [-0.3, -0.25) is 4.98 Å². The van der Waals surface area contributed by atoms with Crippen LogP contribution in [0.2, 0.25) is 0 Å². The predicted octanol–water partition coefficient (Wildman–Crippen LogP) is 2.82. The molecule has 0 fully saturated rings. The zero-order valence-corrected chi connectivity index (χ0v) is 9.20. The van der Waals surface area contributed by atoms with Crippen molar-refractivity contribution in [3.8, 4) is 0 Å². The maximum Gasteiger partial charge on any atom is 0.0702 e. The second kappa shape index (κ2) is 3.63. The zero-order valence-electron chi connectivity index (χ0n) is 9.20. The Balaban J connectivity index is 2.56. The molecule has 1 aromatic carbocycles. The van der Waals surface area contributed by atoms with Gasteiger partial charge in [0.2, 0.25) is 0 Å². The van der Waals surface area contributed by atoms with Crippen molar-refractivity contribution in [2.24, 2.45) is 5.73 Å². The van der Waals surface area contributed by atoms with Crippen molar-refractivity contribution >= 4 is 10.9 Å². The van der Waals surface area contributed by atoms with Gasteiger partial charge in [0.25, 0.3) is 0 Å². The van der Waals surface area contributed by atoms with Gasteiger partial charge in [0.15, 0.2) is 0 Å². The fraction of sp³-hybridized carbons (Fsp3) is 0.308. The van der Waals surface area contributed by atoms with Gasteiger partial charge < -0.3 is 5.73 Å². The van der Waals surface area contributed by atoms with Crippen LogP contribution in [-0.2, 0) is 5.54 Å². The number of hydrogen-bond acceptors (Lipinski definition) is 2. The number of benzene rings is 1. The molecule has 0 aliphatic heterocycles.